The number of hydrogen-bond donors (Lipinski definition) is 1. The fourth-order valence-corrected chi connectivity index (χ4v) is 2.17. The average Bonchev–Trinajstić information content (AvgIpc) is 2.65. The zero-order valence-corrected chi connectivity index (χ0v) is 8.97. The van der Waals surface area contributed by atoms with E-state index in [0.717, 1.165) is 6.54 Å². The van der Waals surface area contributed by atoms with Gasteiger partial charge in [0.1, 0.15) is 0 Å². The fourth-order valence-electron chi connectivity index (χ4n) is 1.40. The lowest BCUT2D eigenvalue weighted by Gasteiger charge is -1.94. The summed E-state index contributed by atoms with van der Waals surface area (Å²) < 4.78 is 1.36. The maximum atomic E-state index is 3.09. The van der Waals surface area contributed by atoms with Crippen LogP contribution >= 0.6 is 11.3 Å². The zero-order valence-electron chi connectivity index (χ0n) is 8.16. The van der Waals surface area contributed by atoms with E-state index in [0.29, 0.717) is 0 Å². The highest BCUT2D eigenvalue weighted by atomic mass is 32.1. The molecule has 0 saturated heterocycles. The molecule has 2 rings (SSSR count). The minimum Gasteiger partial charge on any atom is -0.316 e. The van der Waals surface area contributed by atoms with Gasteiger partial charge in [-0.3, -0.25) is 0 Å². The standard InChI is InChI=1S/C12H13NS/c1-13-7-2-3-10-4-5-12-11(9-10)6-8-14-12/h2-6,8-9,13H,7H2,1H3. The lowest BCUT2D eigenvalue weighted by molar-refractivity contribution is 0.922. The molecule has 0 aliphatic rings. The third kappa shape index (κ3) is 2.03. The van der Waals surface area contributed by atoms with Crippen molar-refractivity contribution < 1.29 is 0 Å². The number of likely N-dealkylation sites (N-methyl/N-ethyl adjacent to an activating group) is 1. The molecule has 1 aromatic heterocycles. The molecule has 0 radical (unpaired) electrons. The van der Waals surface area contributed by atoms with E-state index in [9.17, 15) is 0 Å². The number of benzene rings is 1. The lowest BCUT2D eigenvalue weighted by atomic mass is 10.1. The lowest BCUT2D eigenvalue weighted by Crippen LogP contribution is -2.03. The van der Waals surface area contributed by atoms with Gasteiger partial charge >= 0.3 is 0 Å². The second-order valence-corrected chi connectivity index (χ2v) is 4.13. The normalized spacial score (nSPS) is 11.5. The molecule has 0 unspecified atom stereocenters. The van der Waals surface area contributed by atoms with Gasteiger partial charge in [0.25, 0.3) is 0 Å². The summed E-state index contributed by atoms with van der Waals surface area (Å²) in [5, 5.41) is 6.55. The van der Waals surface area contributed by atoms with E-state index in [1.165, 1.54) is 15.6 Å². The van der Waals surface area contributed by atoms with Crippen molar-refractivity contribution in [3.8, 4) is 0 Å². The van der Waals surface area contributed by atoms with Gasteiger partial charge in [0.2, 0.25) is 0 Å². The molecule has 0 fully saturated rings. The Kier molecular flexibility index (Phi) is 2.96. The molecule has 72 valence electrons. The molecule has 1 heterocycles. The smallest absolute Gasteiger partial charge is 0.0343 e. The number of fused-ring (bicyclic) bond motifs is 1. The van der Waals surface area contributed by atoms with Crippen molar-refractivity contribution in [2.45, 2.75) is 0 Å². The minimum absolute atomic E-state index is 0.918. The number of thiophene rings is 1. The first kappa shape index (κ1) is 9.44. The number of hydrogen-bond acceptors (Lipinski definition) is 2. The van der Waals surface area contributed by atoms with Crippen LogP contribution < -0.4 is 5.32 Å². The molecule has 0 atom stereocenters. The van der Waals surface area contributed by atoms with Crippen LogP contribution in [0.3, 0.4) is 0 Å². The summed E-state index contributed by atoms with van der Waals surface area (Å²) in [6.45, 7) is 0.918. The first-order chi connectivity index (χ1) is 6.90. The van der Waals surface area contributed by atoms with Crippen LogP contribution in [0.4, 0.5) is 0 Å². The Morgan fingerprint density at radius 3 is 3.14 bits per heavy atom. The predicted octanol–water partition coefficient (Wildman–Crippen LogP) is 3.13. The zero-order chi connectivity index (χ0) is 9.80. The van der Waals surface area contributed by atoms with E-state index in [-0.39, 0.29) is 0 Å². The Bertz CT molecular complexity index is 442. The van der Waals surface area contributed by atoms with Gasteiger partial charge in [-0.25, -0.2) is 0 Å². The molecular weight excluding hydrogens is 190 g/mol. The first-order valence-electron chi connectivity index (χ1n) is 4.68. The van der Waals surface area contributed by atoms with Crippen LogP contribution in [-0.4, -0.2) is 13.6 Å². The van der Waals surface area contributed by atoms with Gasteiger partial charge in [0.05, 0.1) is 0 Å². The van der Waals surface area contributed by atoms with E-state index < -0.39 is 0 Å². The van der Waals surface area contributed by atoms with Crippen LogP contribution in [0.2, 0.25) is 0 Å². The fraction of sp³-hybridized carbons (Fsp3) is 0.167. The van der Waals surface area contributed by atoms with Gasteiger partial charge in [0, 0.05) is 11.2 Å². The first-order valence-corrected chi connectivity index (χ1v) is 5.56. The van der Waals surface area contributed by atoms with Crippen molar-refractivity contribution in [2.75, 3.05) is 13.6 Å². The molecule has 0 spiro atoms. The van der Waals surface area contributed by atoms with Gasteiger partial charge in [-0.1, -0.05) is 18.2 Å². The van der Waals surface area contributed by atoms with Gasteiger partial charge in [-0.15, -0.1) is 11.3 Å². The molecule has 0 amide bonds. The van der Waals surface area contributed by atoms with E-state index in [4.69, 9.17) is 0 Å². The SMILES string of the molecule is CNCC=Cc1ccc2sccc2c1. The molecule has 0 aliphatic carbocycles. The molecular formula is C12H13NS. The van der Waals surface area contributed by atoms with Gasteiger partial charge in [-0.2, -0.15) is 0 Å². The third-order valence-electron chi connectivity index (χ3n) is 2.11. The summed E-state index contributed by atoms with van der Waals surface area (Å²) in [5.41, 5.74) is 1.27. The topological polar surface area (TPSA) is 12.0 Å². The monoisotopic (exact) mass is 203 g/mol. The maximum absolute atomic E-state index is 3.09. The second-order valence-electron chi connectivity index (χ2n) is 3.18. The molecule has 1 aromatic carbocycles. The predicted molar refractivity (Wildman–Crippen MR) is 64.8 cm³/mol. The van der Waals surface area contributed by atoms with Gasteiger partial charge < -0.3 is 5.32 Å². The van der Waals surface area contributed by atoms with E-state index >= 15 is 0 Å². The summed E-state index contributed by atoms with van der Waals surface area (Å²) in [4.78, 5) is 0. The molecule has 1 nitrogen and oxygen atoms in total. The number of rotatable bonds is 3. The highest BCUT2D eigenvalue weighted by Gasteiger charge is 1.93. The highest BCUT2D eigenvalue weighted by Crippen LogP contribution is 2.22. The van der Waals surface area contributed by atoms with Crippen LogP contribution in [0.25, 0.3) is 16.2 Å². The van der Waals surface area contributed by atoms with Crippen molar-refractivity contribution in [1.29, 1.82) is 0 Å². The Morgan fingerprint density at radius 1 is 1.36 bits per heavy atom. The van der Waals surface area contributed by atoms with Crippen LogP contribution in [0, 0.1) is 0 Å². The average molecular weight is 203 g/mol. The highest BCUT2D eigenvalue weighted by molar-refractivity contribution is 7.17. The summed E-state index contributed by atoms with van der Waals surface area (Å²) >= 11 is 1.79. The molecule has 2 heteroatoms. The molecule has 0 saturated carbocycles. The second kappa shape index (κ2) is 4.40. The third-order valence-corrected chi connectivity index (χ3v) is 3.01. The summed E-state index contributed by atoms with van der Waals surface area (Å²) in [6.07, 6.45) is 4.28. The molecule has 0 bridgehead atoms. The Hall–Kier alpha value is -1.12. The maximum Gasteiger partial charge on any atom is 0.0343 e. The summed E-state index contributed by atoms with van der Waals surface area (Å²) in [6, 6.07) is 8.72. The van der Waals surface area contributed by atoms with E-state index in [1.807, 2.05) is 7.05 Å². The quantitative estimate of drug-likeness (QED) is 0.808. The van der Waals surface area contributed by atoms with Crippen molar-refractivity contribution in [3.63, 3.8) is 0 Å². The van der Waals surface area contributed by atoms with Crippen molar-refractivity contribution in [2.24, 2.45) is 0 Å². The minimum atomic E-state index is 0.918. The van der Waals surface area contributed by atoms with E-state index in [1.54, 1.807) is 11.3 Å². The van der Waals surface area contributed by atoms with Crippen molar-refractivity contribution in [1.82, 2.24) is 5.32 Å². The van der Waals surface area contributed by atoms with Crippen LogP contribution in [0.5, 0.6) is 0 Å². The Morgan fingerprint density at radius 2 is 2.29 bits per heavy atom. The van der Waals surface area contributed by atoms with Crippen molar-refractivity contribution in [3.05, 3.63) is 41.3 Å². The molecule has 1 N–H and O–H groups in total. The van der Waals surface area contributed by atoms with Crippen LogP contribution in [-0.2, 0) is 0 Å². The molecule has 14 heavy (non-hydrogen) atoms. The largest absolute Gasteiger partial charge is 0.316 e. The van der Waals surface area contributed by atoms with Crippen molar-refractivity contribution >= 4 is 27.5 Å². The summed E-state index contributed by atoms with van der Waals surface area (Å²) in [5.74, 6) is 0. The molecule has 0 aliphatic heterocycles. The Balaban J connectivity index is 2.25. The van der Waals surface area contributed by atoms with Crippen LogP contribution in [0.1, 0.15) is 5.56 Å². The van der Waals surface area contributed by atoms with Gasteiger partial charge in [-0.05, 0) is 41.6 Å². The summed E-state index contributed by atoms with van der Waals surface area (Å²) in [7, 11) is 1.95. The number of nitrogens with one attached hydrogen (secondary N) is 1. The van der Waals surface area contributed by atoms with E-state index in [2.05, 4.69) is 47.1 Å². The molecule has 2 aromatic rings. The Labute approximate surface area is 88.1 Å². The van der Waals surface area contributed by atoms with Crippen LogP contribution in [0.15, 0.2) is 35.7 Å². The van der Waals surface area contributed by atoms with Gasteiger partial charge in [0.15, 0.2) is 0 Å².